The summed E-state index contributed by atoms with van der Waals surface area (Å²) >= 11 is 0. The lowest BCUT2D eigenvalue weighted by atomic mass is 9.98. The lowest BCUT2D eigenvalue weighted by molar-refractivity contribution is -0.328. The van der Waals surface area contributed by atoms with E-state index in [2.05, 4.69) is 6.92 Å². The molecule has 2 rings (SSSR count). The van der Waals surface area contributed by atoms with Crippen LogP contribution in [0.1, 0.15) is 52.4 Å². The van der Waals surface area contributed by atoms with Gasteiger partial charge >= 0.3 is 0 Å². The molecule has 2 fully saturated rings. The van der Waals surface area contributed by atoms with E-state index in [-0.39, 0.29) is 6.61 Å². The topological polar surface area (TPSA) is 158 Å². The molecule has 6 N–H and O–H groups in total. The lowest BCUT2D eigenvalue weighted by Gasteiger charge is -2.42. The van der Waals surface area contributed by atoms with Gasteiger partial charge in [0.25, 0.3) is 0 Å². The smallest absolute Gasteiger partial charge is 0.186 e. The van der Waals surface area contributed by atoms with E-state index in [1.54, 1.807) is 0 Å². The summed E-state index contributed by atoms with van der Waals surface area (Å²) in [5.74, 6) is 0. The fourth-order valence-corrected chi connectivity index (χ4v) is 3.61. The molecule has 0 aromatic rings. The highest BCUT2D eigenvalue weighted by Gasteiger charge is 2.46. The first kappa shape index (κ1) is 25.9. The van der Waals surface area contributed by atoms with Crippen LogP contribution >= 0.6 is 0 Å². The third-order valence-electron chi connectivity index (χ3n) is 5.68. The van der Waals surface area contributed by atoms with Crippen molar-refractivity contribution in [1.29, 1.82) is 0 Å². The maximum absolute atomic E-state index is 10.2. The Morgan fingerprint density at radius 1 is 0.633 bits per heavy atom. The molecule has 0 aliphatic carbocycles. The van der Waals surface area contributed by atoms with Crippen LogP contribution < -0.4 is 0 Å². The van der Waals surface area contributed by atoms with E-state index in [1.807, 2.05) is 0 Å². The average molecular weight is 439 g/mol. The molecule has 2 heterocycles. The van der Waals surface area contributed by atoms with Crippen LogP contribution in [0.2, 0.25) is 0 Å². The van der Waals surface area contributed by atoms with Crippen LogP contribution in [0.15, 0.2) is 0 Å². The Bertz CT molecular complexity index is 481. The predicted molar refractivity (Wildman–Crippen MR) is 104 cm³/mol. The normalized spacial score (nSPS) is 42.4. The summed E-state index contributed by atoms with van der Waals surface area (Å²) < 4.78 is 21.9. The largest absolute Gasteiger partial charge is 0.388 e. The molecule has 0 aromatic carbocycles. The summed E-state index contributed by atoms with van der Waals surface area (Å²) in [5, 5.41) is 60.0. The molecule has 0 radical (unpaired) electrons. The molecule has 0 amide bonds. The standard InChI is InChI=1S/C20H38O10/c1-3-4-5-6-7-8-9-27-19-18(26)16(24)14(22)12(30-19)10-28-20-17(25)15(23)13(21)11(2)29-20/h11-26H,3-10H2,1-2H3/t11-,12-,13-,14-,15+,16+,17+,18+,19+,20+/m1/s1. The number of hydrogen-bond donors (Lipinski definition) is 6. The highest BCUT2D eigenvalue weighted by atomic mass is 16.7. The van der Waals surface area contributed by atoms with Gasteiger partial charge in [-0.05, 0) is 13.3 Å². The molecular weight excluding hydrogens is 400 g/mol. The van der Waals surface area contributed by atoms with Crippen LogP contribution in [0.3, 0.4) is 0 Å². The van der Waals surface area contributed by atoms with Gasteiger partial charge in [0.1, 0.15) is 42.7 Å². The number of rotatable bonds is 11. The Hall–Kier alpha value is -0.400. The minimum absolute atomic E-state index is 0.293. The number of unbranched alkanes of at least 4 members (excludes halogenated alkanes) is 5. The van der Waals surface area contributed by atoms with Gasteiger partial charge in [-0.2, -0.15) is 0 Å². The van der Waals surface area contributed by atoms with Crippen LogP contribution in [0, 0.1) is 0 Å². The van der Waals surface area contributed by atoms with Gasteiger partial charge in [-0.15, -0.1) is 0 Å². The fourth-order valence-electron chi connectivity index (χ4n) is 3.61. The maximum atomic E-state index is 10.2. The maximum Gasteiger partial charge on any atom is 0.186 e. The molecule has 178 valence electrons. The SMILES string of the molecule is CCCCCCCCO[C@H]1O[C@H](CO[C@H]2O[C@H](C)[C@@H](O)[C@H](O)[C@@H]2O)[C@@H](O)[C@H](O)[C@@H]1O. The molecule has 10 heteroatoms. The zero-order valence-electron chi connectivity index (χ0n) is 17.7. The Morgan fingerprint density at radius 3 is 1.87 bits per heavy atom. The van der Waals surface area contributed by atoms with Gasteiger partial charge in [0.15, 0.2) is 12.6 Å². The second-order valence-corrected chi connectivity index (χ2v) is 8.17. The van der Waals surface area contributed by atoms with Crippen molar-refractivity contribution < 1.29 is 49.6 Å². The molecule has 0 unspecified atom stereocenters. The van der Waals surface area contributed by atoms with Crippen molar-refractivity contribution in [2.45, 2.75) is 114 Å². The molecule has 30 heavy (non-hydrogen) atoms. The Labute approximate surface area is 177 Å². The van der Waals surface area contributed by atoms with Gasteiger partial charge < -0.3 is 49.6 Å². The van der Waals surface area contributed by atoms with Crippen molar-refractivity contribution >= 4 is 0 Å². The first-order valence-corrected chi connectivity index (χ1v) is 10.9. The van der Waals surface area contributed by atoms with E-state index in [0.717, 1.165) is 19.3 Å². The molecular formula is C20H38O10. The highest BCUT2D eigenvalue weighted by Crippen LogP contribution is 2.26. The second kappa shape index (κ2) is 12.6. The first-order chi connectivity index (χ1) is 14.3. The van der Waals surface area contributed by atoms with Crippen LogP contribution in [0.5, 0.6) is 0 Å². The van der Waals surface area contributed by atoms with Gasteiger partial charge in [0.05, 0.1) is 12.7 Å². The van der Waals surface area contributed by atoms with E-state index in [9.17, 15) is 30.6 Å². The lowest BCUT2D eigenvalue weighted by Crippen LogP contribution is -2.61. The van der Waals surface area contributed by atoms with Crippen molar-refractivity contribution in [2.24, 2.45) is 0 Å². The minimum Gasteiger partial charge on any atom is -0.388 e. The zero-order chi connectivity index (χ0) is 22.3. The number of aliphatic hydroxyl groups excluding tert-OH is 6. The summed E-state index contributed by atoms with van der Waals surface area (Å²) in [6, 6.07) is 0. The van der Waals surface area contributed by atoms with E-state index < -0.39 is 61.4 Å². The van der Waals surface area contributed by atoms with Crippen LogP contribution in [-0.2, 0) is 18.9 Å². The quantitative estimate of drug-likeness (QED) is 0.221. The second-order valence-electron chi connectivity index (χ2n) is 8.17. The van der Waals surface area contributed by atoms with Gasteiger partial charge in [-0.25, -0.2) is 0 Å². The number of aliphatic hydroxyl groups is 6. The Morgan fingerprint density at radius 2 is 1.20 bits per heavy atom. The molecule has 0 saturated carbocycles. The first-order valence-electron chi connectivity index (χ1n) is 10.9. The van der Waals surface area contributed by atoms with Crippen LogP contribution in [-0.4, -0.2) is 105 Å². The van der Waals surface area contributed by atoms with Crippen molar-refractivity contribution in [3.8, 4) is 0 Å². The van der Waals surface area contributed by atoms with Crippen molar-refractivity contribution in [1.82, 2.24) is 0 Å². The summed E-state index contributed by atoms with van der Waals surface area (Å²) in [7, 11) is 0. The monoisotopic (exact) mass is 438 g/mol. The predicted octanol–water partition coefficient (Wildman–Crippen LogP) is -0.985. The summed E-state index contributed by atoms with van der Waals surface area (Å²) in [4.78, 5) is 0. The number of hydrogen-bond acceptors (Lipinski definition) is 10. The summed E-state index contributed by atoms with van der Waals surface area (Å²) in [6.07, 6.45) is -6.32. The van der Waals surface area contributed by atoms with E-state index >= 15 is 0 Å². The Kier molecular flexibility index (Phi) is 10.9. The van der Waals surface area contributed by atoms with Gasteiger partial charge in [-0.3, -0.25) is 0 Å². The molecule has 10 nitrogen and oxygen atoms in total. The third-order valence-corrected chi connectivity index (χ3v) is 5.68. The van der Waals surface area contributed by atoms with Gasteiger partial charge in [0, 0.05) is 6.61 Å². The summed E-state index contributed by atoms with van der Waals surface area (Å²) in [6.45, 7) is 3.72. The van der Waals surface area contributed by atoms with Crippen molar-refractivity contribution in [3.05, 3.63) is 0 Å². The highest BCUT2D eigenvalue weighted by molar-refractivity contribution is 4.91. The minimum atomic E-state index is -1.49. The molecule has 2 aliphatic rings. The van der Waals surface area contributed by atoms with E-state index in [1.165, 1.54) is 26.2 Å². The fraction of sp³-hybridized carbons (Fsp3) is 1.00. The molecule has 0 bridgehead atoms. The third kappa shape index (κ3) is 6.80. The van der Waals surface area contributed by atoms with E-state index in [0.29, 0.717) is 6.61 Å². The Balaban J connectivity index is 1.80. The van der Waals surface area contributed by atoms with Crippen LogP contribution in [0.4, 0.5) is 0 Å². The van der Waals surface area contributed by atoms with Crippen molar-refractivity contribution in [3.63, 3.8) is 0 Å². The number of ether oxygens (including phenoxy) is 4. The van der Waals surface area contributed by atoms with Gasteiger partial charge in [0.2, 0.25) is 0 Å². The molecule has 0 spiro atoms. The average Bonchev–Trinajstić information content (AvgIpc) is 2.73. The zero-order valence-corrected chi connectivity index (χ0v) is 17.7. The van der Waals surface area contributed by atoms with E-state index in [4.69, 9.17) is 18.9 Å². The molecule has 2 saturated heterocycles. The summed E-state index contributed by atoms with van der Waals surface area (Å²) in [5.41, 5.74) is 0. The van der Waals surface area contributed by atoms with Crippen molar-refractivity contribution in [2.75, 3.05) is 13.2 Å². The van der Waals surface area contributed by atoms with Crippen LogP contribution in [0.25, 0.3) is 0 Å². The molecule has 10 atom stereocenters. The molecule has 2 aliphatic heterocycles. The molecule has 0 aromatic heterocycles. The van der Waals surface area contributed by atoms with Gasteiger partial charge in [-0.1, -0.05) is 39.0 Å².